The number of hydrogen-bond acceptors (Lipinski definition) is 5. The van der Waals surface area contributed by atoms with Gasteiger partial charge in [0.15, 0.2) is 0 Å². The molecule has 0 unspecified atom stereocenters. The van der Waals surface area contributed by atoms with Crippen LogP contribution >= 0.6 is 11.6 Å². The lowest BCUT2D eigenvalue weighted by atomic mass is 10.1. The Morgan fingerprint density at radius 3 is 2.32 bits per heavy atom. The van der Waals surface area contributed by atoms with Gasteiger partial charge in [-0.05, 0) is 73.0 Å². The van der Waals surface area contributed by atoms with E-state index in [0.717, 1.165) is 11.1 Å². The van der Waals surface area contributed by atoms with Crippen LogP contribution in [0.3, 0.4) is 0 Å². The maximum atomic E-state index is 12.4. The predicted octanol–water partition coefficient (Wildman–Crippen LogP) is 5.38. The van der Waals surface area contributed by atoms with E-state index < -0.39 is 6.16 Å². The molecule has 0 aliphatic carbocycles. The summed E-state index contributed by atoms with van der Waals surface area (Å²) in [6.07, 6.45) is 0.161. The first kappa shape index (κ1) is 24.8. The Kier molecular flexibility index (Phi) is 9.05. The van der Waals surface area contributed by atoms with Crippen molar-refractivity contribution in [3.05, 3.63) is 94.5 Å². The lowest BCUT2D eigenvalue weighted by molar-refractivity contribution is -0.116. The lowest BCUT2D eigenvalue weighted by Crippen LogP contribution is -2.22. The van der Waals surface area contributed by atoms with Gasteiger partial charge >= 0.3 is 6.16 Å². The summed E-state index contributed by atoms with van der Waals surface area (Å²) in [4.78, 5) is 35.9. The molecule has 0 saturated carbocycles. The van der Waals surface area contributed by atoms with Gasteiger partial charge in [-0.3, -0.25) is 9.59 Å². The number of hydrogen-bond donors (Lipinski definition) is 2. The van der Waals surface area contributed by atoms with Crippen LogP contribution in [-0.4, -0.2) is 24.6 Å². The Hall–Kier alpha value is -3.84. The molecule has 176 valence electrons. The minimum atomic E-state index is -0.791. The molecule has 3 rings (SSSR count). The average Bonchev–Trinajstić information content (AvgIpc) is 2.83. The highest BCUT2D eigenvalue weighted by atomic mass is 35.5. The third-order valence-electron chi connectivity index (χ3n) is 4.80. The molecule has 0 aliphatic heterocycles. The first-order valence-corrected chi connectivity index (χ1v) is 11.2. The third-order valence-corrected chi connectivity index (χ3v) is 5.04. The van der Waals surface area contributed by atoms with Crippen molar-refractivity contribution in [2.24, 2.45) is 0 Å². The summed E-state index contributed by atoms with van der Waals surface area (Å²) < 4.78 is 9.68. The first-order valence-electron chi connectivity index (χ1n) is 10.8. The molecule has 0 aliphatic rings. The van der Waals surface area contributed by atoms with Gasteiger partial charge in [0.25, 0.3) is 5.91 Å². The molecule has 0 bridgehead atoms. The Morgan fingerprint density at radius 2 is 1.65 bits per heavy atom. The molecule has 0 atom stereocenters. The molecule has 0 aromatic heterocycles. The summed E-state index contributed by atoms with van der Waals surface area (Å²) in [6, 6.07) is 20.9. The van der Waals surface area contributed by atoms with E-state index in [-0.39, 0.29) is 18.4 Å². The third kappa shape index (κ3) is 7.94. The van der Waals surface area contributed by atoms with Crippen molar-refractivity contribution >= 4 is 35.3 Å². The Bertz CT molecular complexity index is 1130. The van der Waals surface area contributed by atoms with Gasteiger partial charge in [-0.25, -0.2) is 4.79 Å². The molecule has 0 spiro atoms. The fourth-order valence-electron chi connectivity index (χ4n) is 3.08. The molecule has 0 saturated heterocycles. The van der Waals surface area contributed by atoms with E-state index in [2.05, 4.69) is 10.6 Å². The Labute approximate surface area is 203 Å². The molecule has 8 heteroatoms. The zero-order valence-electron chi connectivity index (χ0n) is 18.7. The summed E-state index contributed by atoms with van der Waals surface area (Å²) in [5, 5.41) is 6.35. The van der Waals surface area contributed by atoms with Crippen molar-refractivity contribution in [2.45, 2.75) is 26.3 Å². The molecule has 7 nitrogen and oxygen atoms in total. The number of nitrogens with one attached hydrogen (secondary N) is 2. The SMILES string of the molecule is CCOC(=O)Oc1ccc(C(=O)NCc2ccc(NC(=O)CCc3cccc(Cl)c3)cc2)cc1. The van der Waals surface area contributed by atoms with Gasteiger partial charge in [0.05, 0.1) is 6.61 Å². The van der Waals surface area contributed by atoms with Gasteiger partial charge in [0, 0.05) is 29.2 Å². The van der Waals surface area contributed by atoms with E-state index in [1.54, 1.807) is 37.3 Å². The zero-order valence-corrected chi connectivity index (χ0v) is 19.4. The summed E-state index contributed by atoms with van der Waals surface area (Å²) in [5.74, 6) is -0.0577. The second-order valence-electron chi connectivity index (χ2n) is 7.37. The maximum absolute atomic E-state index is 12.4. The van der Waals surface area contributed by atoms with E-state index in [9.17, 15) is 14.4 Å². The number of halogens is 1. The largest absolute Gasteiger partial charge is 0.513 e. The Balaban J connectivity index is 1.43. The quantitative estimate of drug-likeness (QED) is 0.317. The van der Waals surface area contributed by atoms with Gasteiger partial charge in [-0.2, -0.15) is 0 Å². The number of carbonyl (C=O) groups is 3. The average molecular weight is 481 g/mol. The molecule has 2 N–H and O–H groups in total. The maximum Gasteiger partial charge on any atom is 0.513 e. The highest BCUT2D eigenvalue weighted by Gasteiger charge is 2.09. The van der Waals surface area contributed by atoms with Crippen LogP contribution in [0.25, 0.3) is 0 Å². The van der Waals surface area contributed by atoms with E-state index in [4.69, 9.17) is 21.1 Å². The molecule has 3 aromatic carbocycles. The normalized spacial score (nSPS) is 10.3. The van der Waals surface area contributed by atoms with E-state index in [1.807, 2.05) is 30.3 Å². The number of carbonyl (C=O) groups excluding carboxylic acids is 3. The second kappa shape index (κ2) is 12.4. The topological polar surface area (TPSA) is 93.7 Å². The van der Waals surface area contributed by atoms with Crippen molar-refractivity contribution in [1.29, 1.82) is 0 Å². The second-order valence-corrected chi connectivity index (χ2v) is 7.80. The first-order chi connectivity index (χ1) is 16.4. The summed E-state index contributed by atoms with van der Waals surface area (Å²) in [5.41, 5.74) is 3.01. The van der Waals surface area contributed by atoms with Crippen molar-refractivity contribution < 1.29 is 23.9 Å². The van der Waals surface area contributed by atoms with Crippen LogP contribution in [0.1, 0.15) is 34.8 Å². The van der Waals surface area contributed by atoms with Gasteiger partial charge in [-0.15, -0.1) is 0 Å². The minimum absolute atomic E-state index is 0.0867. The fraction of sp³-hybridized carbons (Fsp3) is 0.192. The van der Waals surface area contributed by atoms with Gasteiger partial charge in [0.2, 0.25) is 5.91 Å². The minimum Gasteiger partial charge on any atom is -0.434 e. The number of anilines is 1. The standard InChI is InChI=1S/C26H25ClN2O5/c1-2-33-26(32)34-23-13-9-20(10-14-23)25(31)28-17-19-6-11-22(12-7-19)29-24(30)15-8-18-4-3-5-21(27)16-18/h3-7,9-14,16H,2,8,15,17H2,1H3,(H,28,31)(H,29,30). The molecule has 34 heavy (non-hydrogen) atoms. The number of amides is 2. The highest BCUT2D eigenvalue weighted by Crippen LogP contribution is 2.15. The van der Waals surface area contributed by atoms with Crippen LogP contribution < -0.4 is 15.4 Å². The Morgan fingerprint density at radius 1 is 0.912 bits per heavy atom. The number of ether oxygens (including phenoxy) is 2. The van der Waals surface area contributed by atoms with Crippen LogP contribution in [0.15, 0.2) is 72.8 Å². The molecule has 0 radical (unpaired) electrons. The van der Waals surface area contributed by atoms with Crippen molar-refractivity contribution in [1.82, 2.24) is 5.32 Å². The van der Waals surface area contributed by atoms with Crippen LogP contribution in [-0.2, 0) is 22.5 Å². The monoisotopic (exact) mass is 480 g/mol. The van der Waals surface area contributed by atoms with Crippen LogP contribution in [0.4, 0.5) is 10.5 Å². The van der Waals surface area contributed by atoms with E-state index >= 15 is 0 Å². The van der Waals surface area contributed by atoms with E-state index in [1.165, 1.54) is 12.1 Å². The molecule has 0 heterocycles. The molecular weight excluding hydrogens is 456 g/mol. The van der Waals surface area contributed by atoms with Gasteiger partial charge in [-0.1, -0.05) is 35.9 Å². The van der Waals surface area contributed by atoms with Gasteiger partial charge < -0.3 is 20.1 Å². The summed E-state index contributed by atoms with van der Waals surface area (Å²) in [7, 11) is 0. The molecular formula is C26H25ClN2O5. The predicted molar refractivity (Wildman–Crippen MR) is 130 cm³/mol. The van der Waals surface area contributed by atoms with Gasteiger partial charge in [0.1, 0.15) is 5.75 Å². The molecule has 2 amide bonds. The van der Waals surface area contributed by atoms with Crippen LogP contribution in [0.5, 0.6) is 5.75 Å². The van der Waals surface area contributed by atoms with Crippen LogP contribution in [0, 0.1) is 0 Å². The highest BCUT2D eigenvalue weighted by molar-refractivity contribution is 6.30. The van der Waals surface area contributed by atoms with Crippen LogP contribution in [0.2, 0.25) is 5.02 Å². The lowest BCUT2D eigenvalue weighted by Gasteiger charge is -2.09. The number of benzene rings is 3. The van der Waals surface area contributed by atoms with Crippen molar-refractivity contribution in [3.63, 3.8) is 0 Å². The summed E-state index contributed by atoms with van der Waals surface area (Å²) >= 11 is 5.97. The fourth-order valence-corrected chi connectivity index (χ4v) is 3.29. The number of aryl methyl sites for hydroxylation is 1. The van der Waals surface area contributed by atoms with E-state index in [0.29, 0.717) is 41.4 Å². The molecule has 3 aromatic rings. The zero-order chi connectivity index (χ0) is 24.3. The smallest absolute Gasteiger partial charge is 0.434 e. The number of rotatable bonds is 9. The summed E-state index contributed by atoms with van der Waals surface area (Å²) in [6.45, 7) is 2.22. The van der Waals surface area contributed by atoms with Crippen molar-refractivity contribution in [3.8, 4) is 5.75 Å². The molecule has 0 fully saturated rings. The van der Waals surface area contributed by atoms with Crippen molar-refractivity contribution in [2.75, 3.05) is 11.9 Å².